The lowest BCUT2D eigenvalue weighted by Gasteiger charge is -2.06. The summed E-state index contributed by atoms with van der Waals surface area (Å²) in [7, 11) is 0. The van der Waals surface area contributed by atoms with E-state index in [1.54, 1.807) is 17.1 Å². The van der Waals surface area contributed by atoms with Crippen molar-refractivity contribution < 1.29 is 4.79 Å². The van der Waals surface area contributed by atoms with Gasteiger partial charge in [0.05, 0.1) is 18.4 Å². The molecule has 3 N–H and O–H groups in total. The molecule has 1 heterocycles. The van der Waals surface area contributed by atoms with Gasteiger partial charge in [-0.15, -0.1) is 0 Å². The highest BCUT2D eigenvalue weighted by molar-refractivity contribution is 5.98. The molecule has 3 rings (SSSR count). The van der Waals surface area contributed by atoms with Gasteiger partial charge >= 0.3 is 0 Å². The number of carbonyl (C=O) groups is 1. The van der Waals surface area contributed by atoms with E-state index in [0.717, 1.165) is 10.8 Å². The average molecular weight is 280 g/mol. The first-order chi connectivity index (χ1) is 10.2. The predicted molar refractivity (Wildman–Crippen MR) is 82.9 cm³/mol. The molecule has 0 aliphatic carbocycles. The summed E-state index contributed by atoms with van der Waals surface area (Å²) in [4.78, 5) is 12.1. The molecule has 0 bridgehead atoms. The quantitative estimate of drug-likeness (QED) is 0.768. The summed E-state index contributed by atoms with van der Waals surface area (Å²) < 4.78 is 1.70. The van der Waals surface area contributed by atoms with Crippen molar-refractivity contribution in [2.45, 2.75) is 6.54 Å². The lowest BCUT2D eigenvalue weighted by molar-refractivity contribution is 0.0952. The summed E-state index contributed by atoms with van der Waals surface area (Å²) in [6, 6.07) is 13.7. The third-order valence-corrected chi connectivity index (χ3v) is 3.29. The molecule has 0 saturated carbocycles. The zero-order chi connectivity index (χ0) is 14.7. The van der Waals surface area contributed by atoms with Gasteiger partial charge in [-0.1, -0.05) is 30.3 Å². The minimum Gasteiger partial charge on any atom is -0.396 e. The maximum absolute atomic E-state index is 12.1. The second kappa shape index (κ2) is 5.66. The SMILES string of the molecule is Nc1cnn(CCNC(=O)c2ccc3ccccc3c2)c1. The van der Waals surface area contributed by atoms with Gasteiger partial charge in [0.15, 0.2) is 0 Å². The second-order valence-electron chi connectivity index (χ2n) is 4.85. The molecule has 0 fully saturated rings. The van der Waals surface area contributed by atoms with Crippen LogP contribution in [-0.4, -0.2) is 22.2 Å². The molecule has 0 radical (unpaired) electrons. The van der Waals surface area contributed by atoms with Crippen LogP contribution in [0.2, 0.25) is 0 Å². The van der Waals surface area contributed by atoms with E-state index in [1.807, 2.05) is 42.5 Å². The van der Waals surface area contributed by atoms with Crippen LogP contribution in [0.5, 0.6) is 0 Å². The minimum atomic E-state index is -0.0825. The van der Waals surface area contributed by atoms with E-state index in [1.165, 1.54) is 0 Å². The predicted octanol–water partition coefficient (Wildman–Crippen LogP) is 2.05. The van der Waals surface area contributed by atoms with Crippen LogP contribution in [0.1, 0.15) is 10.4 Å². The Hall–Kier alpha value is -2.82. The number of benzene rings is 2. The van der Waals surface area contributed by atoms with E-state index < -0.39 is 0 Å². The van der Waals surface area contributed by atoms with Crippen LogP contribution in [0.15, 0.2) is 54.9 Å². The fourth-order valence-corrected chi connectivity index (χ4v) is 2.22. The first-order valence-corrected chi connectivity index (χ1v) is 6.77. The van der Waals surface area contributed by atoms with Gasteiger partial charge in [-0.2, -0.15) is 5.10 Å². The van der Waals surface area contributed by atoms with Crippen molar-refractivity contribution in [1.29, 1.82) is 0 Å². The van der Waals surface area contributed by atoms with Crippen LogP contribution in [-0.2, 0) is 6.54 Å². The number of hydrogen-bond acceptors (Lipinski definition) is 3. The number of nitrogens with two attached hydrogens (primary N) is 1. The van der Waals surface area contributed by atoms with Gasteiger partial charge in [0.25, 0.3) is 5.91 Å². The van der Waals surface area contributed by atoms with Crippen LogP contribution in [0.25, 0.3) is 10.8 Å². The molecular weight excluding hydrogens is 264 g/mol. The van der Waals surface area contributed by atoms with Gasteiger partial charge in [-0.25, -0.2) is 0 Å². The van der Waals surface area contributed by atoms with Crippen LogP contribution in [0.3, 0.4) is 0 Å². The number of aromatic nitrogens is 2. The standard InChI is InChI=1S/C16H16N4O/c17-15-10-19-20(11-15)8-7-18-16(21)14-6-5-12-3-1-2-4-13(12)9-14/h1-6,9-11H,7-8,17H2,(H,18,21). The van der Waals surface area contributed by atoms with Crippen LogP contribution < -0.4 is 11.1 Å². The number of anilines is 1. The van der Waals surface area contributed by atoms with E-state index in [2.05, 4.69) is 10.4 Å². The lowest BCUT2D eigenvalue weighted by Crippen LogP contribution is -2.27. The summed E-state index contributed by atoms with van der Waals surface area (Å²) in [6.45, 7) is 1.10. The summed E-state index contributed by atoms with van der Waals surface area (Å²) >= 11 is 0. The Balaban J connectivity index is 1.63. The third-order valence-electron chi connectivity index (χ3n) is 3.29. The zero-order valence-electron chi connectivity index (χ0n) is 11.5. The Morgan fingerprint density at radius 3 is 2.76 bits per heavy atom. The molecule has 0 aliphatic rings. The Kier molecular flexibility index (Phi) is 3.55. The number of nitrogens with one attached hydrogen (secondary N) is 1. The Morgan fingerprint density at radius 1 is 1.19 bits per heavy atom. The van der Waals surface area contributed by atoms with Crippen molar-refractivity contribution in [3.05, 3.63) is 60.4 Å². The molecule has 0 aliphatic heterocycles. The van der Waals surface area contributed by atoms with Gasteiger partial charge in [0, 0.05) is 18.3 Å². The lowest BCUT2D eigenvalue weighted by atomic mass is 10.1. The summed E-state index contributed by atoms with van der Waals surface area (Å²) in [5.41, 5.74) is 6.87. The van der Waals surface area contributed by atoms with E-state index in [0.29, 0.717) is 24.3 Å². The van der Waals surface area contributed by atoms with E-state index in [9.17, 15) is 4.79 Å². The highest BCUT2D eigenvalue weighted by atomic mass is 16.1. The number of amides is 1. The van der Waals surface area contributed by atoms with Crippen LogP contribution >= 0.6 is 0 Å². The van der Waals surface area contributed by atoms with Crippen molar-refractivity contribution in [1.82, 2.24) is 15.1 Å². The monoisotopic (exact) mass is 280 g/mol. The molecule has 0 spiro atoms. The molecule has 1 aromatic heterocycles. The number of fused-ring (bicyclic) bond motifs is 1. The zero-order valence-corrected chi connectivity index (χ0v) is 11.5. The smallest absolute Gasteiger partial charge is 0.251 e. The number of rotatable bonds is 4. The molecule has 21 heavy (non-hydrogen) atoms. The van der Waals surface area contributed by atoms with Gasteiger partial charge in [-0.05, 0) is 22.9 Å². The van der Waals surface area contributed by atoms with E-state index in [-0.39, 0.29) is 5.91 Å². The van der Waals surface area contributed by atoms with Crippen molar-refractivity contribution in [3.8, 4) is 0 Å². The number of nitrogen functional groups attached to an aromatic ring is 1. The third kappa shape index (κ3) is 3.02. The fraction of sp³-hybridized carbons (Fsp3) is 0.125. The van der Waals surface area contributed by atoms with Crippen molar-refractivity contribution >= 4 is 22.4 Å². The van der Waals surface area contributed by atoms with Gasteiger partial charge in [-0.3, -0.25) is 9.48 Å². The van der Waals surface area contributed by atoms with Crippen LogP contribution in [0, 0.1) is 0 Å². The van der Waals surface area contributed by atoms with Crippen molar-refractivity contribution in [3.63, 3.8) is 0 Å². The Labute approximate surface area is 122 Å². The number of hydrogen-bond donors (Lipinski definition) is 2. The second-order valence-corrected chi connectivity index (χ2v) is 4.85. The molecule has 1 amide bonds. The Morgan fingerprint density at radius 2 is 2.00 bits per heavy atom. The van der Waals surface area contributed by atoms with Crippen molar-refractivity contribution in [2.24, 2.45) is 0 Å². The molecule has 0 atom stereocenters. The topological polar surface area (TPSA) is 72.9 Å². The van der Waals surface area contributed by atoms with Crippen molar-refractivity contribution in [2.75, 3.05) is 12.3 Å². The summed E-state index contributed by atoms with van der Waals surface area (Å²) in [5.74, 6) is -0.0825. The van der Waals surface area contributed by atoms with Gasteiger partial charge in [0.1, 0.15) is 0 Å². The van der Waals surface area contributed by atoms with E-state index >= 15 is 0 Å². The normalized spacial score (nSPS) is 10.7. The average Bonchev–Trinajstić information content (AvgIpc) is 2.92. The first kappa shape index (κ1) is 13.2. The van der Waals surface area contributed by atoms with E-state index in [4.69, 9.17) is 5.73 Å². The molecule has 5 nitrogen and oxygen atoms in total. The number of carbonyl (C=O) groups excluding carboxylic acids is 1. The first-order valence-electron chi connectivity index (χ1n) is 6.77. The molecule has 2 aromatic carbocycles. The largest absolute Gasteiger partial charge is 0.396 e. The molecule has 0 unspecified atom stereocenters. The molecule has 3 aromatic rings. The highest BCUT2D eigenvalue weighted by Gasteiger charge is 2.05. The maximum atomic E-state index is 12.1. The number of nitrogens with zero attached hydrogens (tertiary/aromatic N) is 2. The molecular formula is C16H16N4O. The molecule has 106 valence electrons. The molecule has 0 saturated heterocycles. The highest BCUT2D eigenvalue weighted by Crippen LogP contribution is 2.15. The minimum absolute atomic E-state index is 0.0825. The summed E-state index contributed by atoms with van der Waals surface area (Å²) in [6.07, 6.45) is 3.33. The van der Waals surface area contributed by atoms with Crippen LogP contribution in [0.4, 0.5) is 5.69 Å². The van der Waals surface area contributed by atoms with Gasteiger partial charge < -0.3 is 11.1 Å². The maximum Gasteiger partial charge on any atom is 0.251 e. The van der Waals surface area contributed by atoms with Gasteiger partial charge in [0.2, 0.25) is 0 Å². The molecule has 5 heteroatoms. The summed E-state index contributed by atoms with van der Waals surface area (Å²) in [5, 5.41) is 9.13. The Bertz CT molecular complexity index is 779. The fourth-order valence-electron chi connectivity index (χ4n) is 2.22.